The third-order valence-corrected chi connectivity index (χ3v) is 4.10. The van der Waals surface area contributed by atoms with Crippen molar-refractivity contribution < 1.29 is 0 Å². The fourth-order valence-corrected chi connectivity index (χ4v) is 2.95. The van der Waals surface area contributed by atoms with Gasteiger partial charge in [0.05, 0.1) is 28.4 Å². The molecule has 5 heteroatoms. The number of aliphatic imine (C=N–C) groups is 1. The van der Waals surface area contributed by atoms with Crippen molar-refractivity contribution in [3.05, 3.63) is 28.8 Å². The van der Waals surface area contributed by atoms with Crippen LogP contribution < -0.4 is 5.32 Å². The molecule has 0 amide bonds. The molecule has 1 unspecified atom stereocenters. The van der Waals surface area contributed by atoms with Crippen LogP contribution in [0.25, 0.3) is 0 Å². The molecule has 0 aromatic heterocycles. The highest BCUT2D eigenvalue weighted by Gasteiger charge is 2.21. The number of amidine groups is 1. The van der Waals surface area contributed by atoms with Crippen LogP contribution in [0.15, 0.2) is 23.2 Å². The molecular weight excluding hydrogens is 266 g/mol. The van der Waals surface area contributed by atoms with Crippen molar-refractivity contribution in [1.29, 1.82) is 5.26 Å². The van der Waals surface area contributed by atoms with Gasteiger partial charge in [-0.05, 0) is 24.1 Å². The molecule has 1 atom stereocenters. The molecule has 18 heavy (non-hydrogen) atoms. The number of thioether (sulfide) groups is 1. The Morgan fingerprint density at radius 2 is 2.33 bits per heavy atom. The van der Waals surface area contributed by atoms with Crippen molar-refractivity contribution in [3.8, 4) is 6.07 Å². The summed E-state index contributed by atoms with van der Waals surface area (Å²) in [5.41, 5.74) is 1.33. The number of hydrogen-bond donors (Lipinski definition) is 1. The van der Waals surface area contributed by atoms with Crippen molar-refractivity contribution in [2.75, 3.05) is 11.1 Å². The Hall–Kier alpha value is -1.18. The lowest BCUT2D eigenvalue weighted by Gasteiger charge is -2.08. The van der Waals surface area contributed by atoms with E-state index >= 15 is 0 Å². The van der Waals surface area contributed by atoms with Crippen molar-refractivity contribution in [3.63, 3.8) is 0 Å². The summed E-state index contributed by atoms with van der Waals surface area (Å²) in [6.45, 7) is 4.34. The number of benzene rings is 1. The zero-order valence-corrected chi connectivity index (χ0v) is 11.8. The van der Waals surface area contributed by atoms with Crippen LogP contribution in [-0.4, -0.2) is 17.0 Å². The largest absolute Gasteiger partial charge is 0.334 e. The number of nitrogens with one attached hydrogen (secondary N) is 1. The van der Waals surface area contributed by atoms with E-state index in [-0.39, 0.29) is 0 Å². The minimum atomic E-state index is 0.357. The second-order valence-electron chi connectivity index (χ2n) is 4.49. The summed E-state index contributed by atoms with van der Waals surface area (Å²) in [5, 5.41) is 13.6. The van der Waals surface area contributed by atoms with E-state index in [1.54, 1.807) is 30.0 Å². The fraction of sp³-hybridized carbons (Fsp3) is 0.385. The topological polar surface area (TPSA) is 48.2 Å². The minimum Gasteiger partial charge on any atom is -0.334 e. The van der Waals surface area contributed by atoms with Crippen molar-refractivity contribution in [2.24, 2.45) is 10.9 Å². The molecule has 2 rings (SSSR count). The van der Waals surface area contributed by atoms with Gasteiger partial charge in [-0.15, -0.1) is 0 Å². The van der Waals surface area contributed by atoms with Gasteiger partial charge in [-0.25, -0.2) is 0 Å². The molecule has 1 aromatic rings. The van der Waals surface area contributed by atoms with Crippen molar-refractivity contribution in [2.45, 2.75) is 19.9 Å². The van der Waals surface area contributed by atoms with Crippen molar-refractivity contribution >= 4 is 34.2 Å². The summed E-state index contributed by atoms with van der Waals surface area (Å²) in [6.07, 6.45) is 0. The molecule has 1 aliphatic rings. The SMILES string of the molecule is CC(C)C1CSC(Nc2cc(C#N)ccc2Cl)=N1. The van der Waals surface area contributed by atoms with Gasteiger partial charge in [0.25, 0.3) is 0 Å². The van der Waals surface area contributed by atoms with Crippen LogP contribution in [0.1, 0.15) is 19.4 Å². The summed E-state index contributed by atoms with van der Waals surface area (Å²) in [5.74, 6) is 1.54. The second-order valence-corrected chi connectivity index (χ2v) is 5.90. The van der Waals surface area contributed by atoms with E-state index in [2.05, 4.69) is 30.2 Å². The zero-order chi connectivity index (χ0) is 13.1. The molecule has 1 aromatic carbocycles. The first-order chi connectivity index (χ1) is 8.60. The predicted octanol–water partition coefficient (Wildman–Crippen LogP) is 3.75. The van der Waals surface area contributed by atoms with Gasteiger partial charge < -0.3 is 5.32 Å². The number of rotatable bonds is 2. The number of nitriles is 1. The molecule has 0 saturated heterocycles. The van der Waals surface area contributed by atoms with Crippen LogP contribution >= 0.6 is 23.4 Å². The Morgan fingerprint density at radius 1 is 1.56 bits per heavy atom. The third-order valence-electron chi connectivity index (χ3n) is 2.78. The molecule has 1 heterocycles. The molecule has 0 radical (unpaired) electrons. The van der Waals surface area contributed by atoms with Gasteiger partial charge in [0.2, 0.25) is 0 Å². The maximum Gasteiger partial charge on any atom is 0.161 e. The predicted molar refractivity (Wildman–Crippen MR) is 78.3 cm³/mol. The van der Waals surface area contributed by atoms with Crippen LogP contribution in [0.3, 0.4) is 0 Å². The van der Waals surface area contributed by atoms with Gasteiger partial charge >= 0.3 is 0 Å². The number of anilines is 1. The van der Waals surface area contributed by atoms with Gasteiger partial charge in [0.15, 0.2) is 5.17 Å². The van der Waals surface area contributed by atoms with E-state index in [0.29, 0.717) is 22.5 Å². The van der Waals surface area contributed by atoms with Gasteiger partial charge in [-0.1, -0.05) is 37.2 Å². The molecule has 1 aliphatic heterocycles. The number of halogens is 1. The lowest BCUT2D eigenvalue weighted by molar-refractivity contribution is 0.543. The first-order valence-corrected chi connectivity index (χ1v) is 7.14. The van der Waals surface area contributed by atoms with Crippen molar-refractivity contribution in [1.82, 2.24) is 0 Å². The number of hydrogen-bond acceptors (Lipinski definition) is 4. The van der Waals surface area contributed by atoms with E-state index in [4.69, 9.17) is 16.9 Å². The first kappa shape index (κ1) is 13.3. The maximum absolute atomic E-state index is 8.87. The molecule has 3 nitrogen and oxygen atoms in total. The Labute approximate surface area is 116 Å². The van der Waals surface area contributed by atoms with Crippen LogP contribution in [0.5, 0.6) is 0 Å². The second kappa shape index (κ2) is 5.64. The Bertz CT molecular complexity index is 519. The highest BCUT2D eigenvalue weighted by molar-refractivity contribution is 8.14. The molecule has 0 saturated carbocycles. The van der Waals surface area contributed by atoms with Crippen LogP contribution in [-0.2, 0) is 0 Å². The highest BCUT2D eigenvalue weighted by atomic mass is 35.5. The Kier molecular flexibility index (Phi) is 4.15. The fourth-order valence-electron chi connectivity index (χ4n) is 1.61. The Morgan fingerprint density at radius 3 is 2.94 bits per heavy atom. The molecule has 0 bridgehead atoms. The first-order valence-electron chi connectivity index (χ1n) is 5.77. The molecular formula is C13H14ClN3S. The summed E-state index contributed by atoms with van der Waals surface area (Å²) < 4.78 is 0. The monoisotopic (exact) mass is 279 g/mol. The van der Waals surface area contributed by atoms with Gasteiger partial charge in [-0.2, -0.15) is 5.26 Å². The summed E-state index contributed by atoms with van der Waals surface area (Å²) >= 11 is 7.79. The average Bonchev–Trinajstić information content (AvgIpc) is 2.81. The van der Waals surface area contributed by atoms with E-state index in [0.717, 1.165) is 16.6 Å². The van der Waals surface area contributed by atoms with Crippen LogP contribution in [0, 0.1) is 17.2 Å². The molecule has 0 aliphatic carbocycles. The van der Waals surface area contributed by atoms with E-state index < -0.39 is 0 Å². The quantitative estimate of drug-likeness (QED) is 0.897. The van der Waals surface area contributed by atoms with Gasteiger partial charge in [-0.3, -0.25) is 4.99 Å². The highest BCUT2D eigenvalue weighted by Crippen LogP contribution is 2.28. The summed E-state index contributed by atoms with van der Waals surface area (Å²) in [4.78, 5) is 4.61. The average molecular weight is 280 g/mol. The van der Waals surface area contributed by atoms with Gasteiger partial charge in [0.1, 0.15) is 0 Å². The summed E-state index contributed by atoms with van der Waals surface area (Å²) in [7, 11) is 0. The normalized spacial score (nSPS) is 18.6. The molecule has 1 N–H and O–H groups in total. The van der Waals surface area contributed by atoms with Gasteiger partial charge in [0, 0.05) is 5.75 Å². The van der Waals surface area contributed by atoms with E-state index in [1.165, 1.54) is 0 Å². The standard InChI is InChI=1S/C13H14ClN3S/c1-8(2)12-7-18-13(17-12)16-11-5-9(6-15)3-4-10(11)14/h3-5,8,12H,7H2,1-2H3,(H,16,17). The lowest BCUT2D eigenvalue weighted by atomic mass is 10.1. The maximum atomic E-state index is 8.87. The lowest BCUT2D eigenvalue weighted by Crippen LogP contribution is -2.12. The van der Waals surface area contributed by atoms with Crippen LogP contribution in [0.2, 0.25) is 5.02 Å². The minimum absolute atomic E-state index is 0.357. The third kappa shape index (κ3) is 2.98. The Balaban J connectivity index is 2.16. The number of nitrogens with zero attached hydrogens (tertiary/aromatic N) is 2. The summed E-state index contributed by atoms with van der Waals surface area (Å²) in [6, 6.07) is 7.63. The molecule has 0 spiro atoms. The van der Waals surface area contributed by atoms with Crippen LogP contribution in [0.4, 0.5) is 5.69 Å². The smallest absolute Gasteiger partial charge is 0.161 e. The zero-order valence-electron chi connectivity index (χ0n) is 10.3. The van der Waals surface area contributed by atoms with E-state index in [1.807, 2.05) is 0 Å². The van der Waals surface area contributed by atoms with E-state index in [9.17, 15) is 0 Å². The molecule has 0 fully saturated rings. The molecule has 94 valence electrons.